The number of hydrogen-bond donors (Lipinski definition) is 3. The van der Waals surface area contributed by atoms with Crippen molar-refractivity contribution in [3.8, 4) is 11.3 Å². The van der Waals surface area contributed by atoms with E-state index in [-0.39, 0.29) is 38.0 Å². The first-order valence-corrected chi connectivity index (χ1v) is 13.0. The lowest BCUT2D eigenvalue weighted by Crippen LogP contribution is -2.35. The van der Waals surface area contributed by atoms with Crippen LogP contribution >= 0.6 is 11.6 Å². The summed E-state index contributed by atoms with van der Waals surface area (Å²) in [5.74, 6) is -0.217. The van der Waals surface area contributed by atoms with Gasteiger partial charge in [-0.2, -0.15) is 0 Å². The van der Waals surface area contributed by atoms with Crippen LogP contribution < -0.4 is 5.32 Å². The Bertz CT molecular complexity index is 1480. The van der Waals surface area contributed by atoms with Crippen molar-refractivity contribution in [3.05, 3.63) is 93.9 Å². The molecule has 0 fully saturated rings. The van der Waals surface area contributed by atoms with Crippen molar-refractivity contribution in [2.24, 2.45) is 4.99 Å². The van der Waals surface area contributed by atoms with Gasteiger partial charge in [-0.25, -0.2) is 14.4 Å². The summed E-state index contributed by atoms with van der Waals surface area (Å²) in [7, 11) is 0. The molecule has 1 aliphatic carbocycles. The average Bonchev–Trinajstić information content (AvgIpc) is 3.09. The summed E-state index contributed by atoms with van der Waals surface area (Å²) in [5, 5.41) is 22.1. The van der Waals surface area contributed by atoms with Crippen LogP contribution in [0.3, 0.4) is 0 Å². The van der Waals surface area contributed by atoms with Gasteiger partial charge in [-0.15, -0.1) is 0 Å². The second-order valence-corrected chi connectivity index (χ2v) is 9.57. The Morgan fingerprint density at radius 1 is 1.08 bits per heavy atom. The largest absolute Gasteiger partial charge is 0.395 e. The topological polar surface area (TPSA) is 111 Å². The van der Waals surface area contributed by atoms with Gasteiger partial charge in [0.2, 0.25) is 5.95 Å². The van der Waals surface area contributed by atoms with Gasteiger partial charge in [-0.05, 0) is 55.3 Å². The number of rotatable bonds is 8. The van der Waals surface area contributed by atoms with E-state index in [1.807, 2.05) is 12.1 Å². The molecule has 1 aromatic heterocycles. The number of carbonyl (C=O) groups excluding carboxylic acids is 1. The van der Waals surface area contributed by atoms with Crippen molar-refractivity contribution in [2.45, 2.75) is 19.4 Å². The molecule has 2 aliphatic rings. The van der Waals surface area contributed by atoms with Crippen molar-refractivity contribution in [2.75, 3.05) is 31.6 Å². The molecule has 0 saturated heterocycles. The summed E-state index contributed by atoms with van der Waals surface area (Å²) >= 11 is 6.35. The number of allylic oxidation sites excluding steroid dienone is 4. The SMILES string of the molecule is O=C(c1ccc(Nc2ncc3c(n2)-c2ccc(Cl)cc2C(C2=C(F)C=CCC2)=NC3)cc1)N(CCO)CCO. The van der Waals surface area contributed by atoms with Crippen LogP contribution in [-0.2, 0) is 6.54 Å². The van der Waals surface area contributed by atoms with Crippen LogP contribution in [0.5, 0.6) is 0 Å². The number of nitrogens with one attached hydrogen (secondary N) is 1. The molecule has 0 spiro atoms. The van der Waals surface area contributed by atoms with E-state index in [9.17, 15) is 19.4 Å². The summed E-state index contributed by atoms with van der Waals surface area (Å²) in [6, 6.07) is 12.2. The number of carbonyl (C=O) groups is 1. The predicted molar refractivity (Wildman–Crippen MR) is 149 cm³/mol. The number of halogens is 2. The Morgan fingerprint density at radius 2 is 1.85 bits per heavy atom. The Morgan fingerprint density at radius 3 is 2.56 bits per heavy atom. The van der Waals surface area contributed by atoms with E-state index < -0.39 is 0 Å². The smallest absolute Gasteiger partial charge is 0.254 e. The van der Waals surface area contributed by atoms with Gasteiger partial charge in [0.15, 0.2) is 0 Å². The van der Waals surface area contributed by atoms with Crippen LogP contribution in [0.2, 0.25) is 5.02 Å². The minimum absolute atomic E-state index is 0.140. The van der Waals surface area contributed by atoms with Gasteiger partial charge in [0.25, 0.3) is 5.91 Å². The third-order valence-electron chi connectivity index (χ3n) is 6.58. The number of aliphatic hydroxyl groups is 2. The number of aromatic nitrogens is 2. The quantitative estimate of drug-likeness (QED) is 0.372. The molecule has 0 saturated carbocycles. The highest BCUT2D eigenvalue weighted by atomic mass is 35.5. The molecule has 1 aliphatic heterocycles. The fourth-order valence-corrected chi connectivity index (χ4v) is 4.84. The Hall–Kier alpha value is -3.92. The molecule has 0 radical (unpaired) electrons. The number of nitrogens with zero attached hydrogens (tertiary/aromatic N) is 4. The zero-order valence-electron chi connectivity index (χ0n) is 21.1. The van der Waals surface area contributed by atoms with E-state index >= 15 is 0 Å². The first kappa shape index (κ1) is 26.7. The van der Waals surface area contributed by atoms with E-state index in [1.54, 1.807) is 42.6 Å². The number of aliphatic hydroxyl groups excluding tert-OH is 2. The van der Waals surface area contributed by atoms with Gasteiger partial charge in [-0.1, -0.05) is 23.7 Å². The van der Waals surface area contributed by atoms with Crippen LogP contribution in [0.1, 0.15) is 34.3 Å². The molecule has 1 amide bonds. The fraction of sp³-hybridized carbons (Fsp3) is 0.241. The second-order valence-electron chi connectivity index (χ2n) is 9.13. The lowest BCUT2D eigenvalue weighted by atomic mass is 9.91. The summed E-state index contributed by atoms with van der Waals surface area (Å²) in [4.78, 5) is 28.1. The van der Waals surface area contributed by atoms with Crippen LogP contribution in [0.25, 0.3) is 11.3 Å². The fourth-order valence-electron chi connectivity index (χ4n) is 4.67. The molecule has 0 bridgehead atoms. The molecule has 0 unspecified atom stereocenters. The van der Waals surface area contributed by atoms with Crippen molar-refractivity contribution >= 4 is 34.9 Å². The lowest BCUT2D eigenvalue weighted by molar-refractivity contribution is 0.0685. The summed E-state index contributed by atoms with van der Waals surface area (Å²) < 4.78 is 14.8. The maximum atomic E-state index is 14.8. The van der Waals surface area contributed by atoms with Crippen LogP contribution in [-0.4, -0.2) is 63.0 Å². The number of amides is 1. The minimum atomic E-state index is -0.289. The van der Waals surface area contributed by atoms with Crippen LogP contribution in [0.15, 0.2) is 77.2 Å². The normalized spacial score (nSPS) is 14.3. The third-order valence-corrected chi connectivity index (χ3v) is 6.81. The molecule has 0 atom stereocenters. The van der Waals surface area contributed by atoms with Crippen molar-refractivity contribution < 1.29 is 19.4 Å². The first-order valence-electron chi connectivity index (χ1n) is 12.6. The molecule has 2 heterocycles. The molecule has 3 N–H and O–H groups in total. The van der Waals surface area contributed by atoms with E-state index in [0.29, 0.717) is 52.2 Å². The summed E-state index contributed by atoms with van der Waals surface area (Å²) in [5.41, 5.74) is 5.25. The molecule has 39 heavy (non-hydrogen) atoms. The van der Waals surface area contributed by atoms with Crippen molar-refractivity contribution in [3.63, 3.8) is 0 Å². The second kappa shape index (κ2) is 11.9. The van der Waals surface area contributed by atoms with Gasteiger partial charge in [-0.3, -0.25) is 9.79 Å². The molecular weight excluding hydrogens is 521 g/mol. The Balaban J connectivity index is 1.43. The van der Waals surface area contributed by atoms with E-state index in [0.717, 1.165) is 23.1 Å². The zero-order chi connectivity index (χ0) is 27.4. The molecule has 5 rings (SSSR count). The van der Waals surface area contributed by atoms with Crippen molar-refractivity contribution in [1.82, 2.24) is 14.9 Å². The maximum Gasteiger partial charge on any atom is 0.254 e. The molecule has 200 valence electrons. The molecule has 10 heteroatoms. The van der Waals surface area contributed by atoms with Gasteiger partial charge >= 0.3 is 0 Å². The third kappa shape index (κ3) is 5.75. The molecule has 8 nitrogen and oxygen atoms in total. The number of aliphatic imine (C=N–C) groups is 1. The van der Waals surface area contributed by atoms with E-state index in [1.165, 1.54) is 11.0 Å². The number of anilines is 2. The van der Waals surface area contributed by atoms with Gasteiger partial charge in [0.05, 0.1) is 31.2 Å². The highest BCUT2D eigenvalue weighted by Crippen LogP contribution is 2.36. The minimum Gasteiger partial charge on any atom is -0.395 e. The number of hydrogen-bond acceptors (Lipinski definition) is 7. The highest BCUT2D eigenvalue weighted by Gasteiger charge is 2.25. The summed E-state index contributed by atoms with van der Waals surface area (Å²) in [6.07, 6.45) is 6.31. The zero-order valence-corrected chi connectivity index (χ0v) is 21.8. The van der Waals surface area contributed by atoms with Crippen molar-refractivity contribution in [1.29, 1.82) is 0 Å². The first-order chi connectivity index (χ1) is 19.0. The average molecular weight is 548 g/mol. The Kier molecular flexibility index (Phi) is 8.11. The standard InChI is InChI=1S/C29H27ClFN5O3/c30-20-7-10-22-24(15-20)27(23-3-1-2-4-25(23)31)32-16-19-17-33-29(35-26(19)22)34-21-8-5-18(6-9-21)28(39)36(11-13-37)12-14-38/h2,4-10,15,17,37-38H,1,3,11-14,16H2,(H,33,34,35). The van der Waals surface area contributed by atoms with Gasteiger partial charge < -0.3 is 20.4 Å². The number of fused-ring (bicyclic) bond motifs is 3. The van der Waals surface area contributed by atoms with Gasteiger partial charge in [0.1, 0.15) is 5.83 Å². The Labute approximate surface area is 230 Å². The molecule has 2 aromatic carbocycles. The van der Waals surface area contributed by atoms with E-state index in [4.69, 9.17) is 21.6 Å². The molecule has 3 aromatic rings. The predicted octanol–water partition coefficient (Wildman–Crippen LogP) is 4.84. The van der Waals surface area contributed by atoms with E-state index in [2.05, 4.69) is 10.3 Å². The maximum absolute atomic E-state index is 14.8. The monoisotopic (exact) mass is 547 g/mol. The van der Waals surface area contributed by atoms with Gasteiger partial charge in [0, 0.05) is 57.8 Å². The molecular formula is C29H27ClFN5O3. The highest BCUT2D eigenvalue weighted by molar-refractivity contribution is 6.31. The van der Waals surface area contributed by atoms with Crippen LogP contribution in [0, 0.1) is 0 Å². The van der Waals surface area contributed by atoms with Crippen LogP contribution in [0.4, 0.5) is 16.0 Å². The summed E-state index contributed by atoms with van der Waals surface area (Å²) in [6.45, 7) is 0.202. The lowest BCUT2D eigenvalue weighted by Gasteiger charge is -2.20. The number of benzene rings is 2.